The number of aromatic nitrogens is 5. The van der Waals surface area contributed by atoms with E-state index >= 15 is 0 Å². The van der Waals surface area contributed by atoms with Gasteiger partial charge in [0.15, 0.2) is 17.0 Å². The highest BCUT2D eigenvalue weighted by atomic mass is 19.1. The van der Waals surface area contributed by atoms with Gasteiger partial charge >= 0.3 is 6.08 Å². The van der Waals surface area contributed by atoms with Crippen LogP contribution in [0.15, 0.2) is 18.6 Å². The average molecular weight is 314 g/mol. The summed E-state index contributed by atoms with van der Waals surface area (Å²) in [6, 6.07) is 2.16. The number of pyridine rings is 1. The highest BCUT2D eigenvalue weighted by Gasteiger charge is 2.14. The van der Waals surface area contributed by atoms with Crippen LogP contribution in [0, 0.1) is 19.9 Å². The van der Waals surface area contributed by atoms with E-state index in [0.717, 1.165) is 16.8 Å². The number of halogens is 1. The van der Waals surface area contributed by atoms with Gasteiger partial charge in [0.1, 0.15) is 0 Å². The van der Waals surface area contributed by atoms with Gasteiger partial charge in [0.05, 0.1) is 6.33 Å². The molecule has 7 heteroatoms. The molecule has 6 nitrogen and oxygen atoms in total. The summed E-state index contributed by atoms with van der Waals surface area (Å²) in [5.41, 5.74) is 4.19. The molecule has 0 saturated heterocycles. The molecular formula is C16H19FN6. The largest absolute Gasteiger partial charge is 0.364 e. The van der Waals surface area contributed by atoms with Crippen molar-refractivity contribution >= 4 is 17.0 Å². The number of anilines is 1. The van der Waals surface area contributed by atoms with Gasteiger partial charge in [0.2, 0.25) is 0 Å². The maximum atomic E-state index is 13.8. The number of hydrogen-bond acceptors (Lipinski definition) is 5. The van der Waals surface area contributed by atoms with Crippen molar-refractivity contribution < 1.29 is 4.39 Å². The lowest BCUT2D eigenvalue weighted by Gasteiger charge is -2.10. The van der Waals surface area contributed by atoms with Crippen LogP contribution < -0.4 is 5.32 Å². The van der Waals surface area contributed by atoms with Crippen LogP contribution in [0.25, 0.3) is 11.2 Å². The highest BCUT2D eigenvalue weighted by molar-refractivity contribution is 5.82. The van der Waals surface area contributed by atoms with Crippen LogP contribution in [0.3, 0.4) is 0 Å². The van der Waals surface area contributed by atoms with E-state index in [-0.39, 0.29) is 6.04 Å². The van der Waals surface area contributed by atoms with E-state index in [1.165, 1.54) is 0 Å². The molecule has 3 rings (SSSR count). The summed E-state index contributed by atoms with van der Waals surface area (Å²) >= 11 is 0. The van der Waals surface area contributed by atoms with E-state index in [2.05, 4.69) is 25.3 Å². The minimum atomic E-state index is -0.763. The van der Waals surface area contributed by atoms with Crippen molar-refractivity contribution in [1.29, 1.82) is 0 Å². The second-order valence-corrected chi connectivity index (χ2v) is 5.86. The molecule has 120 valence electrons. The van der Waals surface area contributed by atoms with E-state index in [1.807, 2.05) is 44.5 Å². The predicted molar refractivity (Wildman–Crippen MR) is 86.7 cm³/mol. The Morgan fingerprint density at radius 3 is 2.70 bits per heavy atom. The molecule has 0 amide bonds. The third kappa shape index (κ3) is 2.99. The molecule has 3 aromatic rings. The molecule has 0 aliphatic heterocycles. The topological polar surface area (TPSA) is 68.5 Å². The first-order valence-electron chi connectivity index (χ1n) is 7.51. The molecule has 23 heavy (non-hydrogen) atoms. The highest BCUT2D eigenvalue weighted by Crippen LogP contribution is 2.22. The fourth-order valence-corrected chi connectivity index (χ4v) is 2.48. The Morgan fingerprint density at radius 1 is 1.22 bits per heavy atom. The molecule has 0 unspecified atom stereocenters. The molecule has 0 atom stereocenters. The average Bonchev–Trinajstić information content (AvgIpc) is 2.90. The monoisotopic (exact) mass is 314 g/mol. The summed E-state index contributed by atoms with van der Waals surface area (Å²) in [6.07, 6.45) is 2.72. The van der Waals surface area contributed by atoms with Crippen LogP contribution in [0.5, 0.6) is 0 Å². The van der Waals surface area contributed by atoms with Crippen molar-refractivity contribution in [2.45, 2.75) is 40.3 Å². The summed E-state index contributed by atoms with van der Waals surface area (Å²) in [6.45, 7) is 8.46. The first-order valence-corrected chi connectivity index (χ1v) is 7.51. The molecule has 0 bridgehead atoms. The normalized spacial score (nSPS) is 11.4. The number of nitrogens with one attached hydrogen (secondary N) is 1. The smallest absolute Gasteiger partial charge is 0.312 e. The molecule has 0 aromatic carbocycles. The van der Waals surface area contributed by atoms with Gasteiger partial charge in [-0.15, -0.1) is 0 Å². The molecule has 0 aliphatic carbocycles. The van der Waals surface area contributed by atoms with Gasteiger partial charge in [0, 0.05) is 24.5 Å². The van der Waals surface area contributed by atoms with Gasteiger partial charge in [-0.3, -0.25) is 4.98 Å². The van der Waals surface area contributed by atoms with Gasteiger partial charge in [-0.1, -0.05) is 0 Å². The molecule has 3 aromatic heterocycles. The lowest BCUT2D eigenvalue weighted by atomic mass is 10.1. The van der Waals surface area contributed by atoms with Crippen LogP contribution in [0.1, 0.15) is 36.7 Å². The lowest BCUT2D eigenvalue weighted by Crippen LogP contribution is -2.07. The first kappa shape index (κ1) is 15.3. The molecule has 0 fully saturated rings. The van der Waals surface area contributed by atoms with Crippen molar-refractivity contribution in [3.05, 3.63) is 41.5 Å². The Hall–Kier alpha value is -2.57. The number of aryl methyl sites for hydroxylation is 2. The maximum Gasteiger partial charge on any atom is 0.312 e. The Bertz CT molecular complexity index is 855. The quantitative estimate of drug-likeness (QED) is 0.749. The number of fused-ring (bicyclic) bond motifs is 1. The van der Waals surface area contributed by atoms with Crippen molar-refractivity contribution in [3.8, 4) is 0 Å². The number of nitrogens with zero attached hydrogens (tertiary/aromatic N) is 5. The zero-order chi connectivity index (χ0) is 16.6. The third-order valence-electron chi connectivity index (χ3n) is 3.75. The van der Waals surface area contributed by atoms with E-state index in [0.29, 0.717) is 23.5 Å². The van der Waals surface area contributed by atoms with Gasteiger partial charge < -0.3 is 9.88 Å². The summed E-state index contributed by atoms with van der Waals surface area (Å²) in [5.74, 6) is 0.395. The predicted octanol–water partition coefficient (Wildman–Crippen LogP) is 3.17. The molecule has 0 saturated carbocycles. The second-order valence-electron chi connectivity index (χ2n) is 5.86. The van der Waals surface area contributed by atoms with E-state index < -0.39 is 6.08 Å². The summed E-state index contributed by atoms with van der Waals surface area (Å²) in [5, 5.41) is 3.15. The molecule has 0 spiro atoms. The zero-order valence-electron chi connectivity index (χ0n) is 13.6. The minimum absolute atomic E-state index is 0.144. The summed E-state index contributed by atoms with van der Waals surface area (Å²) in [4.78, 5) is 16.3. The van der Waals surface area contributed by atoms with Crippen LogP contribution in [0.4, 0.5) is 10.2 Å². The van der Waals surface area contributed by atoms with E-state index in [1.54, 1.807) is 6.33 Å². The minimum Gasteiger partial charge on any atom is -0.364 e. The van der Waals surface area contributed by atoms with Gasteiger partial charge in [-0.25, -0.2) is 4.98 Å². The van der Waals surface area contributed by atoms with E-state index in [4.69, 9.17) is 0 Å². The number of imidazole rings is 1. The van der Waals surface area contributed by atoms with Gasteiger partial charge in [0.25, 0.3) is 0 Å². The SMILES string of the molecule is Cc1cc(C)c(CNc2nc(F)nc3c2ncn3C(C)C)cn1. The van der Waals surface area contributed by atoms with Crippen LogP contribution >= 0.6 is 0 Å². The summed E-state index contributed by atoms with van der Waals surface area (Å²) < 4.78 is 15.6. The van der Waals surface area contributed by atoms with Crippen molar-refractivity contribution in [3.63, 3.8) is 0 Å². The van der Waals surface area contributed by atoms with Gasteiger partial charge in [-0.2, -0.15) is 14.4 Å². The number of hydrogen-bond donors (Lipinski definition) is 1. The molecule has 0 radical (unpaired) electrons. The van der Waals surface area contributed by atoms with Crippen molar-refractivity contribution in [2.24, 2.45) is 0 Å². The zero-order valence-corrected chi connectivity index (χ0v) is 13.6. The molecule has 0 aliphatic rings. The van der Waals surface area contributed by atoms with Crippen LogP contribution in [0.2, 0.25) is 0 Å². The number of rotatable bonds is 4. The third-order valence-corrected chi connectivity index (χ3v) is 3.75. The van der Waals surface area contributed by atoms with Crippen LogP contribution in [-0.4, -0.2) is 24.5 Å². The Morgan fingerprint density at radius 2 is 2.00 bits per heavy atom. The van der Waals surface area contributed by atoms with Crippen molar-refractivity contribution in [1.82, 2.24) is 24.5 Å². The Balaban J connectivity index is 1.93. The lowest BCUT2D eigenvalue weighted by molar-refractivity contribution is 0.537. The molecule has 3 heterocycles. The van der Waals surface area contributed by atoms with E-state index in [9.17, 15) is 4.39 Å². The standard InChI is InChI=1S/C16H19FN6/c1-9(2)23-8-20-13-14(21-16(17)22-15(13)23)19-7-12-6-18-11(4)5-10(12)3/h5-6,8-9H,7H2,1-4H3,(H,19,21,22). The Labute approximate surface area is 133 Å². The fourth-order valence-electron chi connectivity index (χ4n) is 2.48. The van der Waals surface area contributed by atoms with Gasteiger partial charge in [-0.05, 0) is 44.9 Å². The Kier molecular flexibility index (Phi) is 3.94. The van der Waals surface area contributed by atoms with Crippen LogP contribution in [-0.2, 0) is 6.54 Å². The molecule has 1 N–H and O–H groups in total. The van der Waals surface area contributed by atoms with Crippen molar-refractivity contribution in [2.75, 3.05) is 5.32 Å². The molecular weight excluding hydrogens is 295 g/mol. The fraction of sp³-hybridized carbons (Fsp3) is 0.375. The second kappa shape index (κ2) is 5.91. The first-order chi connectivity index (χ1) is 11.0. The maximum absolute atomic E-state index is 13.8. The summed E-state index contributed by atoms with van der Waals surface area (Å²) in [7, 11) is 0.